The minimum Gasteiger partial charge on any atom is -0.444 e. The standard InChI is InChI=1S/C17H33N3O4/c1-11(2)10-12(3)20(15(22)24-17(7,8)9)13(18)19-14(21)23-16(4,5)6/h11-12H,10H2,1-9H3,(H2,18,19,21). The molecule has 0 aromatic rings. The number of rotatable bonds is 3. The van der Waals surface area contributed by atoms with E-state index in [1.165, 1.54) is 0 Å². The van der Waals surface area contributed by atoms with Gasteiger partial charge in [-0.05, 0) is 60.8 Å². The molecule has 0 aliphatic carbocycles. The van der Waals surface area contributed by atoms with Gasteiger partial charge in [-0.15, -0.1) is 0 Å². The predicted molar refractivity (Wildman–Crippen MR) is 94.1 cm³/mol. The summed E-state index contributed by atoms with van der Waals surface area (Å²) in [6.45, 7) is 16.3. The second-order valence-corrected chi connectivity index (χ2v) is 8.30. The van der Waals surface area contributed by atoms with E-state index in [0.29, 0.717) is 12.3 Å². The lowest BCUT2D eigenvalue weighted by Gasteiger charge is -2.32. The van der Waals surface area contributed by atoms with Crippen molar-refractivity contribution in [1.29, 1.82) is 5.41 Å². The van der Waals surface area contributed by atoms with Crippen molar-refractivity contribution < 1.29 is 19.1 Å². The van der Waals surface area contributed by atoms with E-state index < -0.39 is 23.4 Å². The Balaban J connectivity index is 5.20. The highest BCUT2D eigenvalue weighted by molar-refractivity contribution is 6.00. The van der Waals surface area contributed by atoms with E-state index in [1.807, 2.05) is 20.8 Å². The summed E-state index contributed by atoms with van der Waals surface area (Å²) in [4.78, 5) is 25.5. The Hall–Kier alpha value is -1.79. The molecule has 1 atom stereocenters. The molecule has 0 saturated heterocycles. The van der Waals surface area contributed by atoms with Gasteiger partial charge in [-0.3, -0.25) is 10.7 Å². The Labute approximate surface area is 145 Å². The number of guanidine groups is 1. The molecule has 0 radical (unpaired) electrons. The van der Waals surface area contributed by atoms with Crippen LogP contribution < -0.4 is 5.32 Å². The molecule has 140 valence electrons. The summed E-state index contributed by atoms with van der Waals surface area (Å²) in [6, 6.07) is -0.303. The third kappa shape index (κ3) is 9.37. The van der Waals surface area contributed by atoms with Crippen LogP contribution in [0, 0.1) is 11.3 Å². The molecule has 0 aliphatic rings. The highest BCUT2D eigenvalue weighted by Crippen LogP contribution is 2.16. The van der Waals surface area contributed by atoms with Crippen LogP contribution in [0.25, 0.3) is 0 Å². The van der Waals surface area contributed by atoms with E-state index >= 15 is 0 Å². The minimum absolute atomic E-state index is 0.303. The molecular weight excluding hydrogens is 310 g/mol. The maximum absolute atomic E-state index is 12.5. The van der Waals surface area contributed by atoms with Crippen LogP contribution in [-0.2, 0) is 9.47 Å². The topological polar surface area (TPSA) is 91.7 Å². The van der Waals surface area contributed by atoms with Gasteiger partial charge in [0, 0.05) is 6.04 Å². The van der Waals surface area contributed by atoms with Gasteiger partial charge in [0.15, 0.2) is 0 Å². The van der Waals surface area contributed by atoms with Crippen molar-refractivity contribution in [3.63, 3.8) is 0 Å². The molecule has 0 fully saturated rings. The van der Waals surface area contributed by atoms with Gasteiger partial charge < -0.3 is 9.47 Å². The third-order valence-corrected chi connectivity index (χ3v) is 2.70. The van der Waals surface area contributed by atoms with Gasteiger partial charge in [0.2, 0.25) is 5.96 Å². The largest absolute Gasteiger partial charge is 0.444 e. The number of hydrogen-bond donors (Lipinski definition) is 2. The molecule has 7 heteroatoms. The Morgan fingerprint density at radius 1 is 1.00 bits per heavy atom. The average molecular weight is 343 g/mol. The number of hydrogen-bond acceptors (Lipinski definition) is 5. The first kappa shape index (κ1) is 22.2. The van der Waals surface area contributed by atoms with E-state index in [2.05, 4.69) is 5.32 Å². The number of alkyl carbamates (subject to hydrolysis) is 1. The number of ether oxygens (including phenoxy) is 2. The molecule has 0 aromatic heterocycles. The molecule has 2 N–H and O–H groups in total. The smallest absolute Gasteiger partial charge is 0.417 e. The fourth-order valence-electron chi connectivity index (χ4n) is 2.05. The Morgan fingerprint density at radius 2 is 1.46 bits per heavy atom. The van der Waals surface area contributed by atoms with E-state index in [9.17, 15) is 9.59 Å². The first-order valence-electron chi connectivity index (χ1n) is 8.23. The minimum atomic E-state index is -0.780. The molecule has 0 spiro atoms. The molecule has 2 amide bonds. The number of nitrogens with zero attached hydrogens (tertiary/aromatic N) is 1. The summed E-state index contributed by atoms with van der Waals surface area (Å²) in [5, 5.41) is 10.4. The normalized spacial score (nSPS) is 13.2. The van der Waals surface area contributed by atoms with Gasteiger partial charge in [0.05, 0.1) is 0 Å². The van der Waals surface area contributed by atoms with Crippen LogP contribution in [-0.4, -0.2) is 40.3 Å². The summed E-state index contributed by atoms with van der Waals surface area (Å²) < 4.78 is 10.5. The zero-order chi connectivity index (χ0) is 19.3. The van der Waals surface area contributed by atoms with E-state index in [1.54, 1.807) is 41.5 Å². The average Bonchev–Trinajstić information content (AvgIpc) is 2.20. The summed E-state index contributed by atoms with van der Waals surface area (Å²) in [7, 11) is 0. The Kier molecular flexibility index (Phi) is 7.73. The van der Waals surface area contributed by atoms with Crippen molar-refractivity contribution in [2.24, 2.45) is 5.92 Å². The molecule has 1 unspecified atom stereocenters. The molecule has 0 heterocycles. The Bertz CT molecular complexity index is 461. The van der Waals surface area contributed by atoms with Crippen LogP contribution in [0.3, 0.4) is 0 Å². The van der Waals surface area contributed by atoms with Crippen LogP contribution in [0.1, 0.15) is 68.7 Å². The quantitative estimate of drug-likeness (QED) is 0.595. The Morgan fingerprint density at radius 3 is 1.83 bits per heavy atom. The molecule has 0 aliphatic heterocycles. The summed E-state index contributed by atoms with van der Waals surface area (Å²) >= 11 is 0. The molecule has 7 nitrogen and oxygen atoms in total. The van der Waals surface area contributed by atoms with Gasteiger partial charge in [-0.1, -0.05) is 13.8 Å². The van der Waals surface area contributed by atoms with Crippen LogP contribution >= 0.6 is 0 Å². The number of carbonyl (C=O) groups is 2. The molecule has 0 rings (SSSR count). The number of amides is 2. The lowest BCUT2D eigenvalue weighted by atomic mass is 10.0. The van der Waals surface area contributed by atoms with Crippen molar-refractivity contribution in [1.82, 2.24) is 10.2 Å². The molecule has 0 bridgehead atoms. The second-order valence-electron chi connectivity index (χ2n) is 8.30. The lowest BCUT2D eigenvalue weighted by molar-refractivity contribution is 0.0297. The maximum atomic E-state index is 12.5. The van der Waals surface area contributed by atoms with Gasteiger partial charge in [-0.25, -0.2) is 14.5 Å². The van der Waals surface area contributed by atoms with E-state index in [4.69, 9.17) is 14.9 Å². The van der Waals surface area contributed by atoms with Crippen molar-refractivity contribution in [2.45, 2.75) is 86.0 Å². The van der Waals surface area contributed by atoms with Gasteiger partial charge >= 0.3 is 12.2 Å². The molecular formula is C17H33N3O4. The van der Waals surface area contributed by atoms with Gasteiger partial charge in [-0.2, -0.15) is 0 Å². The van der Waals surface area contributed by atoms with Crippen molar-refractivity contribution in [3.05, 3.63) is 0 Å². The first-order chi connectivity index (χ1) is 10.6. The van der Waals surface area contributed by atoms with Crippen LogP contribution in [0.5, 0.6) is 0 Å². The number of nitrogens with one attached hydrogen (secondary N) is 2. The van der Waals surface area contributed by atoms with Crippen LogP contribution in [0.15, 0.2) is 0 Å². The number of carbonyl (C=O) groups excluding carboxylic acids is 2. The van der Waals surface area contributed by atoms with Crippen molar-refractivity contribution >= 4 is 18.1 Å². The lowest BCUT2D eigenvalue weighted by Crippen LogP contribution is -2.53. The fourth-order valence-corrected chi connectivity index (χ4v) is 2.05. The molecule has 0 aromatic carbocycles. The highest BCUT2D eigenvalue weighted by atomic mass is 16.6. The van der Waals surface area contributed by atoms with Crippen molar-refractivity contribution in [3.8, 4) is 0 Å². The summed E-state index contributed by atoms with van der Waals surface area (Å²) in [5.74, 6) is -0.0362. The molecule has 0 saturated carbocycles. The zero-order valence-electron chi connectivity index (χ0n) is 16.4. The zero-order valence-corrected chi connectivity index (χ0v) is 16.4. The van der Waals surface area contributed by atoms with Crippen LogP contribution in [0.2, 0.25) is 0 Å². The van der Waals surface area contributed by atoms with Gasteiger partial charge in [0.1, 0.15) is 11.2 Å². The van der Waals surface area contributed by atoms with E-state index in [-0.39, 0.29) is 12.0 Å². The highest BCUT2D eigenvalue weighted by Gasteiger charge is 2.31. The van der Waals surface area contributed by atoms with Crippen molar-refractivity contribution in [2.75, 3.05) is 0 Å². The molecule has 24 heavy (non-hydrogen) atoms. The third-order valence-electron chi connectivity index (χ3n) is 2.70. The summed E-state index contributed by atoms with van der Waals surface area (Å²) in [5.41, 5.74) is -1.39. The summed E-state index contributed by atoms with van der Waals surface area (Å²) in [6.07, 6.45) is -0.785. The SMILES string of the molecule is CC(C)CC(C)N(C(=N)NC(=O)OC(C)(C)C)C(=O)OC(C)(C)C. The van der Waals surface area contributed by atoms with Gasteiger partial charge in [0.25, 0.3) is 0 Å². The predicted octanol–water partition coefficient (Wildman–Crippen LogP) is 4.12. The monoisotopic (exact) mass is 343 g/mol. The van der Waals surface area contributed by atoms with E-state index in [0.717, 1.165) is 4.90 Å². The maximum Gasteiger partial charge on any atom is 0.417 e. The first-order valence-corrected chi connectivity index (χ1v) is 8.23. The van der Waals surface area contributed by atoms with Crippen LogP contribution in [0.4, 0.5) is 9.59 Å². The second kappa shape index (κ2) is 8.35. The fraction of sp³-hybridized carbons (Fsp3) is 0.824.